The summed E-state index contributed by atoms with van der Waals surface area (Å²) in [7, 11) is 0. The highest BCUT2D eigenvalue weighted by atomic mass is 14.7. The van der Waals surface area contributed by atoms with E-state index in [0.717, 1.165) is 52.1 Å². The number of aryl methyl sites for hydroxylation is 3. The van der Waals surface area contributed by atoms with Gasteiger partial charge in [0, 0.05) is 55.8 Å². The van der Waals surface area contributed by atoms with Crippen molar-refractivity contribution < 1.29 is 0 Å². The first-order chi connectivity index (χ1) is 18.7. The topological polar surface area (TPSA) is 38.7 Å². The molecular weight excluding hydrogens is 462 g/mol. The van der Waals surface area contributed by atoms with Crippen LogP contribution in [0.1, 0.15) is 28.9 Å². The Morgan fingerprint density at radius 3 is 2.47 bits per heavy atom. The van der Waals surface area contributed by atoms with E-state index >= 15 is 0 Å². The number of rotatable bonds is 2. The van der Waals surface area contributed by atoms with Gasteiger partial charge in [-0.25, -0.2) is 0 Å². The number of fused-ring (bicyclic) bond motifs is 2. The maximum absolute atomic E-state index is 5.14. The SMILES string of the molecule is Cc1nc2c(-c3ccc(-c4c5c(cc6ccccc46)CCC=C5)nc3)ccc3c(C)nc4cccc1c4c32. The smallest absolute Gasteiger partial charge is 0.0798 e. The molecule has 3 aromatic heterocycles. The lowest BCUT2D eigenvalue weighted by Crippen LogP contribution is -1.99. The summed E-state index contributed by atoms with van der Waals surface area (Å²) in [5.41, 5.74) is 11.3. The molecule has 0 saturated carbocycles. The Morgan fingerprint density at radius 2 is 1.58 bits per heavy atom. The van der Waals surface area contributed by atoms with Gasteiger partial charge in [-0.1, -0.05) is 72.8 Å². The minimum atomic E-state index is 1.01. The van der Waals surface area contributed by atoms with Crippen molar-refractivity contribution in [1.82, 2.24) is 15.0 Å². The van der Waals surface area contributed by atoms with Crippen LogP contribution in [0.15, 0.2) is 85.1 Å². The second-order valence-corrected chi connectivity index (χ2v) is 10.4. The summed E-state index contributed by atoms with van der Waals surface area (Å²) in [6, 6.07) is 26.1. The lowest BCUT2D eigenvalue weighted by atomic mass is 9.87. The average molecular weight is 488 g/mol. The summed E-state index contributed by atoms with van der Waals surface area (Å²) in [6.45, 7) is 4.18. The van der Waals surface area contributed by atoms with Gasteiger partial charge in [-0.05, 0) is 60.7 Å². The van der Waals surface area contributed by atoms with E-state index in [9.17, 15) is 0 Å². The molecule has 1 aliphatic carbocycles. The first-order valence-corrected chi connectivity index (χ1v) is 13.3. The predicted molar refractivity (Wildman–Crippen MR) is 159 cm³/mol. The van der Waals surface area contributed by atoms with Gasteiger partial charge in [-0.15, -0.1) is 0 Å². The molecule has 0 radical (unpaired) electrons. The van der Waals surface area contributed by atoms with Crippen LogP contribution in [0, 0.1) is 13.8 Å². The molecule has 180 valence electrons. The van der Waals surface area contributed by atoms with Gasteiger partial charge in [0.25, 0.3) is 0 Å². The quantitative estimate of drug-likeness (QED) is 0.229. The molecule has 3 heterocycles. The van der Waals surface area contributed by atoms with E-state index in [0.29, 0.717) is 0 Å². The maximum Gasteiger partial charge on any atom is 0.0798 e. The van der Waals surface area contributed by atoms with E-state index in [1.54, 1.807) is 0 Å². The Kier molecular flexibility index (Phi) is 4.48. The molecule has 8 rings (SSSR count). The second kappa shape index (κ2) is 7.93. The fraction of sp³-hybridized carbons (Fsp3) is 0.114. The van der Waals surface area contributed by atoms with Crippen LogP contribution in [0.5, 0.6) is 0 Å². The standard InChI is InChI=1S/C35H25N3/c1-20-26-15-16-29(35-34(26)33-25(21(2)38-35)12-7-13-31(33)37-20)24-14-17-30(36-19-24)32-27-10-5-3-8-22(27)18-23-9-4-6-11-28(23)32/h3,5-8,10-19H,4,9H2,1-2H3. The monoisotopic (exact) mass is 487 g/mol. The molecule has 0 aliphatic heterocycles. The van der Waals surface area contributed by atoms with Crippen LogP contribution in [0.25, 0.3) is 71.8 Å². The van der Waals surface area contributed by atoms with Gasteiger partial charge >= 0.3 is 0 Å². The van der Waals surface area contributed by atoms with E-state index in [1.807, 2.05) is 6.20 Å². The van der Waals surface area contributed by atoms with Gasteiger partial charge < -0.3 is 0 Å². The van der Waals surface area contributed by atoms with Gasteiger partial charge in [-0.3, -0.25) is 15.0 Å². The van der Waals surface area contributed by atoms with E-state index in [1.165, 1.54) is 49.0 Å². The van der Waals surface area contributed by atoms with Gasteiger partial charge in [0.2, 0.25) is 0 Å². The second-order valence-electron chi connectivity index (χ2n) is 10.4. The van der Waals surface area contributed by atoms with Gasteiger partial charge in [0.1, 0.15) is 0 Å². The van der Waals surface area contributed by atoms with Crippen LogP contribution in [-0.2, 0) is 6.42 Å². The third kappa shape index (κ3) is 2.99. The third-order valence-corrected chi connectivity index (χ3v) is 8.19. The lowest BCUT2D eigenvalue weighted by Gasteiger charge is -2.18. The molecule has 0 amide bonds. The zero-order valence-electron chi connectivity index (χ0n) is 21.4. The van der Waals surface area contributed by atoms with E-state index in [4.69, 9.17) is 15.0 Å². The molecule has 7 aromatic rings. The molecule has 0 N–H and O–H groups in total. The summed E-state index contributed by atoms with van der Waals surface area (Å²) in [5, 5.41) is 7.27. The number of pyridine rings is 3. The van der Waals surface area contributed by atoms with Crippen molar-refractivity contribution >= 4 is 49.4 Å². The largest absolute Gasteiger partial charge is 0.256 e. The first kappa shape index (κ1) is 21.5. The number of allylic oxidation sites excluding steroid dienone is 1. The number of benzene rings is 4. The minimum absolute atomic E-state index is 1.01. The summed E-state index contributed by atoms with van der Waals surface area (Å²) < 4.78 is 0. The van der Waals surface area contributed by atoms with Crippen molar-refractivity contribution in [1.29, 1.82) is 0 Å². The van der Waals surface area contributed by atoms with Crippen molar-refractivity contribution in [2.24, 2.45) is 0 Å². The molecule has 0 bridgehead atoms. The predicted octanol–water partition coefficient (Wildman–Crippen LogP) is 8.83. The zero-order valence-corrected chi connectivity index (χ0v) is 21.4. The summed E-state index contributed by atoms with van der Waals surface area (Å²) >= 11 is 0. The normalized spacial score (nSPS) is 13.2. The van der Waals surface area contributed by atoms with Crippen LogP contribution in [-0.4, -0.2) is 15.0 Å². The number of hydrogen-bond donors (Lipinski definition) is 0. The highest BCUT2D eigenvalue weighted by molar-refractivity contribution is 6.24. The van der Waals surface area contributed by atoms with Crippen LogP contribution < -0.4 is 0 Å². The van der Waals surface area contributed by atoms with Gasteiger partial charge in [0.05, 0.1) is 16.7 Å². The molecular formula is C35H25N3. The Balaban J connectivity index is 1.35. The molecule has 4 aromatic carbocycles. The van der Waals surface area contributed by atoms with Gasteiger partial charge in [0.15, 0.2) is 0 Å². The first-order valence-electron chi connectivity index (χ1n) is 13.3. The molecule has 1 aliphatic rings. The van der Waals surface area contributed by atoms with Crippen molar-refractivity contribution in [3.63, 3.8) is 0 Å². The molecule has 38 heavy (non-hydrogen) atoms. The Morgan fingerprint density at radius 1 is 0.737 bits per heavy atom. The number of aromatic nitrogens is 3. The molecule has 0 saturated heterocycles. The van der Waals surface area contributed by atoms with Crippen LogP contribution in [0.2, 0.25) is 0 Å². The minimum Gasteiger partial charge on any atom is -0.256 e. The fourth-order valence-corrected chi connectivity index (χ4v) is 6.40. The van der Waals surface area contributed by atoms with Crippen molar-refractivity contribution in [2.75, 3.05) is 0 Å². The average Bonchev–Trinajstić information content (AvgIpc) is 2.95. The van der Waals surface area contributed by atoms with E-state index < -0.39 is 0 Å². The van der Waals surface area contributed by atoms with Crippen LogP contribution in [0.3, 0.4) is 0 Å². The molecule has 3 heteroatoms. The molecule has 0 fully saturated rings. The fourth-order valence-electron chi connectivity index (χ4n) is 6.40. The Labute approximate surface area is 220 Å². The molecule has 3 nitrogen and oxygen atoms in total. The van der Waals surface area contributed by atoms with Crippen LogP contribution >= 0.6 is 0 Å². The van der Waals surface area contributed by atoms with Crippen molar-refractivity contribution in [3.8, 4) is 22.4 Å². The van der Waals surface area contributed by atoms with Crippen molar-refractivity contribution in [3.05, 3.63) is 108 Å². The van der Waals surface area contributed by atoms with Gasteiger partial charge in [-0.2, -0.15) is 0 Å². The number of hydrogen-bond acceptors (Lipinski definition) is 3. The number of nitrogens with zero attached hydrogens (tertiary/aromatic N) is 3. The molecule has 0 atom stereocenters. The highest BCUT2D eigenvalue weighted by Gasteiger charge is 2.19. The highest BCUT2D eigenvalue weighted by Crippen LogP contribution is 2.41. The summed E-state index contributed by atoms with van der Waals surface area (Å²) in [5.74, 6) is 0. The molecule has 0 spiro atoms. The van der Waals surface area contributed by atoms with Crippen LogP contribution in [0.4, 0.5) is 0 Å². The Hall–Kier alpha value is -4.63. The summed E-state index contributed by atoms with van der Waals surface area (Å²) in [4.78, 5) is 15.1. The van der Waals surface area contributed by atoms with Crippen molar-refractivity contribution in [2.45, 2.75) is 26.7 Å². The molecule has 0 unspecified atom stereocenters. The maximum atomic E-state index is 5.14. The summed E-state index contributed by atoms with van der Waals surface area (Å²) in [6.07, 6.45) is 8.74. The lowest BCUT2D eigenvalue weighted by molar-refractivity contribution is 0.989. The Bertz CT molecular complexity index is 2080. The van der Waals surface area contributed by atoms with E-state index in [2.05, 4.69) is 98.8 Å². The van der Waals surface area contributed by atoms with E-state index in [-0.39, 0.29) is 0 Å². The third-order valence-electron chi connectivity index (χ3n) is 8.19. The zero-order chi connectivity index (χ0) is 25.4.